The van der Waals surface area contributed by atoms with Crippen molar-refractivity contribution in [2.24, 2.45) is 17.3 Å². The van der Waals surface area contributed by atoms with Crippen LogP contribution in [-0.4, -0.2) is 89.1 Å². The van der Waals surface area contributed by atoms with Crippen LogP contribution >= 0.6 is 0 Å². The van der Waals surface area contributed by atoms with Gasteiger partial charge in [-0.3, -0.25) is 14.5 Å². The van der Waals surface area contributed by atoms with Crippen molar-refractivity contribution in [2.75, 3.05) is 46.4 Å². The van der Waals surface area contributed by atoms with E-state index < -0.39 is 0 Å². The minimum atomic E-state index is -0.196. The number of piperazine rings is 1. The zero-order chi connectivity index (χ0) is 40.7. The van der Waals surface area contributed by atoms with E-state index in [0.29, 0.717) is 43.1 Å². The Balaban J connectivity index is 0.000000955. The molecule has 1 aromatic heterocycles. The summed E-state index contributed by atoms with van der Waals surface area (Å²) in [6.45, 7) is 8.59. The van der Waals surface area contributed by atoms with Crippen molar-refractivity contribution in [3.63, 3.8) is 0 Å². The third-order valence-electron chi connectivity index (χ3n) is 12.1. The average molecular weight is 743 g/mol. The van der Waals surface area contributed by atoms with Crippen molar-refractivity contribution in [1.82, 2.24) is 19.7 Å². The molecule has 0 spiro atoms. The number of ether oxygens (including phenoxy) is 1. The van der Waals surface area contributed by atoms with Crippen LogP contribution in [0.25, 0.3) is 10.9 Å². The largest absolute Gasteiger partial charge is 0.496 e. The highest BCUT2D eigenvalue weighted by atomic mass is 16.5. The minimum absolute atomic E-state index is 0.00836. The van der Waals surface area contributed by atoms with E-state index in [1.807, 2.05) is 42.2 Å². The number of pyridine rings is 1. The highest BCUT2D eigenvalue weighted by Gasteiger charge is 2.54. The Morgan fingerprint density at radius 3 is 2.29 bits per heavy atom. The smallest absolute Gasteiger partial charge is 0.272 e. The summed E-state index contributed by atoms with van der Waals surface area (Å²) >= 11 is 0. The second-order valence-corrected chi connectivity index (χ2v) is 14.7. The first-order valence-electron chi connectivity index (χ1n) is 19.1. The molecule has 2 aromatic carbocycles. The van der Waals surface area contributed by atoms with Gasteiger partial charge >= 0.3 is 0 Å². The van der Waals surface area contributed by atoms with Crippen LogP contribution in [0.4, 0.5) is 0 Å². The number of aryl methyl sites for hydroxylation is 1. The lowest BCUT2D eigenvalue weighted by Gasteiger charge is -2.50. The molecule has 4 aliphatic rings. The number of para-hydroxylation sites is 1. The van der Waals surface area contributed by atoms with Gasteiger partial charge in [0, 0.05) is 50.2 Å². The number of aromatic nitrogens is 1. The molecule has 55 heavy (non-hydrogen) atoms. The molecule has 1 saturated heterocycles. The fraction of sp³-hybridized carbons (Fsp3) is 0.468. The number of nitrogens with zero attached hydrogens (tertiary/aromatic N) is 4. The van der Waals surface area contributed by atoms with Crippen LogP contribution in [0.3, 0.4) is 0 Å². The van der Waals surface area contributed by atoms with Crippen LogP contribution < -0.4 is 4.74 Å². The molecular weight excluding hydrogens is 685 g/mol. The first kappa shape index (κ1) is 44.1. The third kappa shape index (κ3) is 9.53. The lowest BCUT2D eigenvalue weighted by Crippen LogP contribution is -2.51. The van der Waals surface area contributed by atoms with Gasteiger partial charge in [0.2, 0.25) is 5.91 Å². The standard InChI is InChI=1S/C39H50N4O4.4C2H2/c1-4-17-43(38(46)34-13-10-26-7-5-6-8-33(26)40-34)25-37(45)42-20-18-41(19-21-42)24-28-22-31-27(23-35(28)47-3)9-11-30-29(31)15-16-39(2)32(30)12-14-36(39)44;4*1-2/h5-8,10,13,22-23,29-30,32,36,44H,4,9,11-12,14-21,24-25H2,1-3H3;4*1-2H/t29?,30-,32?,36+,39+;;;;/m1..../s1. The third-order valence-corrected chi connectivity index (χ3v) is 12.1. The van der Waals surface area contributed by atoms with Gasteiger partial charge in [-0.05, 0) is 97.4 Å². The maximum atomic E-state index is 13.5. The number of terminal acetylenes is 4. The van der Waals surface area contributed by atoms with E-state index in [9.17, 15) is 14.7 Å². The van der Waals surface area contributed by atoms with Gasteiger partial charge in [0.1, 0.15) is 18.0 Å². The summed E-state index contributed by atoms with van der Waals surface area (Å²) in [6.07, 6.45) is 39.3. The minimum Gasteiger partial charge on any atom is -0.496 e. The van der Waals surface area contributed by atoms with Gasteiger partial charge in [0.25, 0.3) is 5.91 Å². The summed E-state index contributed by atoms with van der Waals surface area (Å²) < 4.78 is 5.93. The molecule has 8 heteroatoms. The summed E-state index contributed by atoms with van der Waals surface area (Å²) in [4.78, 5) is 37.5. The highest BCUT2D eigenvalue weighted by molar-refractivity contribution is 5.97. The molecule has 5 atom stereocenters. The lowest BCUT2D eigenvalue weighted by atomic mass is 9.55. The Morgan fingerprint density at radius 1 is 0.927 bits per heavy atom. The number of benzene rings is 2. The number of aliphatic hydroxyl groups is 1. The van der Waals surface area contributed by atoms with Gasteiger partial charge in [0.05, 0.1) is 18.7 Å². The number of rotatable bonds is 8. The number of carbonyl (C=O) groups is 2. The van der Waals surface area contributed by atoms with Crippen molar-refractivity contribution < 1.29 is 19.4 Å². The molecule has 2 amide bonds. The maximum absolute atomic E-state index is 13.5. The van der Waals surface area contributed by atoms with Gasteiger partial charge in [-0.25, -0.2) is 4.98 Å². The molecule has 1 N–H and O–H groups in total. The highest BCUT2D eigenvalue weighted by Crippen LogP contribution is 2.61. The van der Waals surface area contributed by atoms with Crippen molar-refractivity contribution in [3.05, 3.63) is 70.9 Å². The molecule has 290 valence electrons. The SMILES string of the molecule is C#C.C#C.C#C.C#C.CCCN(CC(=O)N1CCN(Cc2cc3c(cc2OC)CC[C@@H]2C3CC[C@@]3(C)C2CC[C@@H]3O)CC1)C(=O)c1ccc2ccccc2n1. The summed E-state index contributed by atoms with van der Waals surface area (Å²) in [5, 5.41) is 11.8. The quantitative estimate of drug-likeness (QED) is 0.260. The van der Waals surface area contributed by atoms with Crippen molar-refractivity contribution in [1.29, 1.82) is 0 Å². The molecule has 8 nitrogen and oxygen atoms in total. The second kappa shape index (κ2) is 21.0. The van der Waals surface area contributed by atoms with Crippen LogP contribution in [0.2, 0.25) is 0 Å². The molecule has 2 heterocycles. The average Bonchev–Trinajstić information content (AvgIpc) is 3.56. The molecule has 3 aliphatic carbocycles. The van der Waals surface area contributed by atoms with E-state index in [2.05, 4.69) is 80.3 Å². The first-order chi connectivity index (χ1) is 26.8. The van der Waals surface area contributed by atoms with Crippen LogP contribution in [0, 0.1) is 68.6 Å². The lowest BCUT2D eigenvalue weighted by molar-refractivity contribution is -0.133. The number of amides is 2. The number of hydrogen-bond donors (Lipinski definition) is 1. The van der Waals surface area contributed by atoms with Crippen LogP contribution in [-0.2, 0) is 17.8 Å². The van der Waals surface area contributed by atoms with Crippen molar-refractivity contribution >= 4 is 22.7 Å². The normalized spacial score (nSPS) is 23.4. The molecule has 2 saturated carbocycles. The molecule has 3 aromatic rings. The fourth-order valence-electron chi connectivity index (χ4n) is 9.46. The van der Waals surface area contributed by atoms with Crippen LogP contribution in [0.15, 0.2) is 48.5 Å². The van der Waals surface area contributed by atoms with Gasteiger partial charge in [-0.2, -0.15) is 0 Å². The molecule has 0 bridgehead atoms. The number of carbonyl (C=O) groups excluding carboxylic acids is 2. The van der Waals surface area contributed by atoms with Crippen molar-refractivity contribution in [3.8, 4) is 57.1 Å². The monoisotopic (exact) mass is 742 g/mol. The summed E-state index contributed by atoms with van der Waals surface area (Å²) in [7, 11) is 1.77. The number of hydrogen-bond acceptors (Lipinski definition) is 6. The van der Waals surface area contributed by atoms with Gasteiger partial charge in [0.15, 0.2) is 0 Å². The zero-order valence-corrected chi connectivity index (χ0v) is 32.9. The molecule has 1 aliphatic heterocycles. The van der Waals surface area contributed by atoms with Crippen molar-refractivity contribution in [2.45, 2.75) is 77.4 Å². The Kier molecular flexibility index (Phi) is 16.9. The second-order valence-electron chi connectivity index (χ2n) is 14.7. The fourth-order valence-corrected chi connectivity index (χ4v) is 9.46. The van der Waals surface area contributed by atoms with Gasteiger partial charge in [-0.1, -0.05) is 44.2 Å². The molecule has 0 radical (unpaired) electrons. The van der Waals surface area contributed by atoms with Crippen LogP contribution in [0.1, 0.15) is 85.5 Å². The summed E-state index contributed by atoms with van der Waals surface area (Å²) in [6, 6.07) is 16.2. The van der Waals surface area contributed by atoms with Gasteiger partial charge in [-0.15, -0.1) is 51.4 Å². The van der Waals surface area contributed by atoms with Crippen LogP contribution in [0.5, 0.6) is 5.75 Å². The maximum Gasteiger partial charge on any atom is 0.272 e. The Hall–Kier alpha value is -5.25. The first-order valence-corrected chi connectivity index (χ1v) is 19.1. The van der Waals surface area contributed by atoms with E-state index >= 15 is 0 Å². The molecule has 7 rings (SSSR count). The van der Waals surface area contributed by atoms with E-state index in [-0.39, 0.29) is 29.9 Å². The topological polar surface area (TPSA) is 86.2 Å². The molecule has 3 fully saturated rings. The molecule has 2 unspecified atom stereocenters. The Morgan fingerprint density at radius 2 is 1.62 bits per heavy atom. The van der Waals surface area contributed by atoms with Gasteiger partial charge < -0.3 is 19.6 Å². The number of aliphatic hydroxyl groups excluding tert-OH is 1. The number of methoxy groups -OCH3 is 1. The summed E-state index contributed by atoms with van der Waals surface area (Å²) in [5.41, 5.74) is 5.42. The summed E-state index contributed by atoms with van der Waals surface area (Å²) in [5.74, 6) is 2.61. The van der Waals surface area contributed by atoms with E-state index in [1.54, 1.807) is 18.1 Å². The predicted octanol–water partition coefficient (Wildman–Crippen LogP) is 6.65. The number of fused-ring (bicyclic) bond motifs is 6. The Labute approximate surface area is 330 Å². The molecular formula is C47H58N4O4. The van der Waals surface area contributed by atoms with E-state index in [1.165, 1.54) is 23.1 Å². The van der Waals surface area contributed by atoms with E-state index in [0.717, 1.165) is 74.8 Å². The Bertz CT molecular complexity index is 1800. The predicted molar refractivity (Wildman–Crippen MR) is 223 cm³/mol. The zero-order valence-electron chi connectivity index (χ0n) is 32.9. The van der Waals surface area contributed by atoms with E-state index in [4.69, 9.17) is 4.74 Å².